The van der Waals surface area contributed by atoms with Gasteiger partial charge in [-0.25, -0.2) is 4.79 Å². The lowest BCUT2D eigenvalue weighted by molar-refractivity contribution is -0.134. The molecule has 0 radical (unpaired) electrons. The number of fused-ring (bicyclic) bond motifs is 5. The van der Waals surface area contributed by atoms with Crippen molar-refractivity contribution in [1.29, 1.82) is 0 Å². The molecule has 4 aromatic rings. The number of urea groups is 1. The molecule has 0 unspecified atom stereocenters. The predicted octanol–water partition coefficient (Wildman–Crippen LogP) is 4.32. The van der Waals surface area contributed by atoms with Crippen LogP contribution in [0, 0.1) is 0 Å². The van der Waals surface area contributed by atoms with E-state index in [2.05, 4.69) is 10.6 Å². The van der Waals surface area contributed by atoms with E-state index in [4.69, 9.17) is 9.15 Å². The standard InChI is InChI=1S/C27H23N3O5/c1-34-23-13-18-17-9-3-5-11-21(17)35-22(18)14-20(23)28-24(31)15-30-25(32)27(29-26(30)33)12-6-8-16-7-2-4-10-19(16)27/h2-5,7,9-11,13-14H,6,8,12,15H2,1H3,(H,28,31)(H,29,33)/t27-/m1/s1. The second kappa shape index (κ2) is 7.87. The van der Waals surface area contributed by atoms with Crippen LogP contribution >= 0.6 is 0 Å². The Kier molecular flexibility index (Phi) is 4.77. The maximum atomic E-state index is 13.5. The zero-order valence-corrected chi connectivity index (χ0v) is 19.1. The van der Waals surface area contributed by atoms with E-state index in [1.807, 2.05) is 48.5 Å². The molecule has 6 rings (SSSR count). The minimum Gasteiger partial charge on any atom is -0.495 e. The van der Waals surface area contributed by atoms with Crippen molar-refractivity contribution >= 4 is 45.5 Å². The summed E-state index contributed by atoms with van der Waals surface area (Å²) in [4.78, 5) is 40.3. The highest BCUT2D eigenvalue weighted by atomic mass is 16.5. The lowest BCUT2D eigenvalue weighted by atomic mass is 9.76. The molecule has 1 aliphatic carbocycles. The number of nitrogens with zero attached hydrogens (tertiary/aromatic N) is 1. The molecule has 3 aromatic carbocycles. The third-order valence-corrected chi connectivity index (χ3v) is 6.93. The lowest BCUT2D eigenvalue weighted by Gasteiger charge is -2.33. The summed E-state index contributed by atoms with van der Waals surface area (Å²) in [6.07, 6.45) is 2.13. The van der Waals surface area contributed by atoms with Gasteiger partial charge in [0, 0.05) is 16.8 Å². The normalized spacial score (nSPS) is 19.3. The minimum atomic E-state index is -1.11. The van der Waals surface area contributed by atoms with E-state index in [0.717, 1.165) is 45.2 Å². The van der Waals surface area contributed by atoms with Gasteiger partial charge in [0.2, 0.25) is 5.91 Å². The quantitative estimate of drug-likeness (QED) is 0.434. The Balaban J connectivity index is 1.27. The Hall–Kier alpha value is -4.33. The van der Waals surface area contributed by atoms with E-state index >= 15 is 0 Å². The highest BCUT2D eigenvalue weighted by molar-refractivity contribution is 6.11. The average molecular weight is 469 g/mol. The Labute approximate surface area is 200 Å². The van der Waals surface area contributed by atoms with Crippen molar-refractivity contribution < 1.29 is 23.5 Å². The summed E-state index contributed by atoms with van der Waals surface area (Å²) >= 11 is 0. The van der Waals surface area contributed by atoms with Gasteiger partial charge < -0.3 is 19.8 Å². The summed E-state index contributed by atoms with van der Waals surface area (Å²) in [5.41, 5.74) is 2.46. The average Bonchev–Trinajstić information content (AvgIpc) is 3.34. The number of furan rings is 1. The first-order chi connectivity index (χ1) is 17.0. The van der Waals surface area contributed by atoms with Crippen molar-refractivity contribution in [1.82, 2.24) is 10.2 Å². The van der Waals surface area contributed by atoms with Gasteiger partial charge in [-0.2, -0.15) is 0 Å². The lowest BCUT2D eigenvalue weighted by Crippen LogP contribution is -2.47. The number of hydrogen-bond acceptors (Lipinski definition) is 5. The predicted molar refractivity (Wildman–Crippen MR) is 130 cm³/mol. The zero-order valence-electron chi connectivity index (χ0n) is 19.1. The molecular weight excluding hydrogens is 446 g/mol. The maximum absolute atomic E-state index is 13.5. The molecule has 1 aliphatic heterocycles. The van der Waals surface area contributed by atoms with E-state index in [1.165, 1.54) is 7.11 Å². The molecular formula is C27H23N3O5. The van der Waals surface area contributed by atoms with Gasteiger partial charge in [0.15, 0.2) is 0 Å². The first-order valence-corrected chi connectivity index (χ1v) is 11.5. The van der Waals surface area contributed by atoms with Gasteiger partial charge in [-0.15, -0.1) is 0 Å². The number of anilines is 1. The SMILES string of the molecule is COc1cc2c(cc1NC(=O)CN1C(=O)N[C@@]3(CCCc4ccccc43)C1=O)oc1ccccc12. The third kappa shape index (κ3) is 3.24. The molecule has 8 nitrogen and oxygen atoms in total. The molecule has 1 saturated heterocycles. The van der Waals surface area contributed by atoms with Crippen molar-refractivity contribution in [3.05, 3.63) is 71.8 Å². The monoisotopic (exact) mass is 469 g/mol. The number of carbonyl (C=O) groups excluding carboxylic acids is 3. The molecule has 0 bridgehead atoms. The second-order valence-electron chi connectivity index (χ2n) is 8.93. The molecule has 1 aromatic heterocycles. The molecule has 35 heavy (non-hydrogen) atoms. The van der Waals surface area contributed by atoms with Crippen LogP contribution < -0.4 is 15.4 Å². The van der Waals surface area contributed by atoms with E-state index in [0.29, 0.717) is 23.4 Å². The Morgan fingerprint density at radius 3 is 2.74 bits per heavy atom. The van der Waals surface area contributed by atoms with Crippen LogP contribution in [0.15, 0.2) is 65.1 Å². The molecule has 8 heteroatoms. The van der Waals surface area contributed by atoms with Gasteiger partial charge in [0.1, 0.15) is 29.0 Å². The summed E-state index contributed by atoms with van der Waals surface area (Å²) in [7, 11) is 1.51. The van der Waals surface area contributed by atoms with Gasteiger partial charge in [0.25, 0.3) is 5.91 Å². The minimum absolute atomic E-state index is 0.397. The van der Waals surface area contributed by atoms with E-state index in [9.17, 15) is 14.4 Å². The van der Waals surface area contributed by atoms with Crippen LogP contribution in [0.3, 0.4) is 0 Å². The Morgan fingerprint density at radius 1 is 1.09 bits per heavy atom. The first kappa shape index (κ1) is 21.2. The molecule has 1 spiro atoms. The molecule has 0 saturated carbocycles. The van der Waals surface area contributed by atoms with Gasteiger partial charge in [-0.3, -0.25) is 14.5 Å². The summed E-state index contributed by atoms with van der Waals surface area (Å²) < 4.78 is 11.4. The van der Waals surface area contributed by atoms with E-state index in [1.54, 1.807) is 12.1 Å². The number of ether oxygens (including phenoxy) is 1. The van der Waals surface area contributed by atoms with E-state index < -0.39 is 29.9 Å². The molecule has 1 fully saturated rings. The van der Waals surface area contributed by atoms with Crippen LogP contribution in [0.25, 0.3) is 21.9 Å². The van der Waals surface area contributed by atoms with Gasteiger partial charge >= 0.3 is 6.03 Å². The fourth-order valence-corrected chi connectivity index (χ4v) is 5.31. The van der Waals surface area contributed by atoms with E-state index in [-0.39, 0.29) is 0 Å². The molecule has 4 amide bonds. The highest BCUT2D eigenvalue weighted by Gasteiger charge is 2.54. The van der Waals surface area contributed by atoms with Crippen molar-refractivity contribution in [3.63, 3.8) is 0 Å². The molecule has 1 atom stereocenters. The van der Waals surface area contributed by atoms with Crippen LogP contribution in [0.2, 0.25) is 0 Å². The van der Waals surface area contributed by atoms with Crippen molar-refractivity contribution in [2.75, 3.05) is 19.0 Å². The number of imide groups is 1. The summed E-state index contributed by atoms with van der Waals surface area (Å²) in [5.74, 6) is -0.458. The summed E-state index contributed by atoms with van der Waals surface area (Å²) in [6, 6.07) is 18.2. The molecule has 2 heterocycles. The molecule has 2 N–H and O–H groups in total. The van der Waals surface area contributed by atoms with Crippen LogP contribution in [-0.2, 0) is 21.5 Å². The summed E-state index contributed by atoms with van der Waals surface area (Å²) in [5, 5.41) is 7.46. The van der Waals surface area contributed by atoms with Crippen LogP contribution in [0.1, 0.15) is 24.0 Å². The fourth-order valence-electron chi connectivity index (χ4n) is 5.31. The van der Waals surface area contributed by atoms with Gasteiger partial charge in [-0.1, -0.05) is 42.5 Å². The number of nitrogens with one attached hydrogen (secondary N) is 2. The number of carbonyl (C=O) groups is 3. The largest absolute Gasteiger partial charge is 0.495 e. The smallest absolute Gasteiger partial charge is 0.325 e. The Morgan fingerprint density at radius 2 is 1.89 bits per heavy atom. The third-order valence-electron chi connectivity index (χ3n) is 6.93. The van der Waals surface area contributed by atoms with Crippen LogP contribution in [-0.4, -0.2) is 36.4 Å². The highest BCUT2D eigenvalue weighted by Crippen LogP contribution is 2.40. The topological polar surface area (TPSA) is 101 Å². The number of para-hydroxylation sites is 1. The zero-order chi connectivity index (χ0) is 24.2. The van der Waals surface area contributed by atoms with Crippen LogP contribution in [0.4, 0.5) is 10.5 Å². The Bertz CT molecular complexity index is 1520. The van der Waals surface area contributed by atoms with Crippen molar-refractivity contribution in [2.24, 2.45) is 0 Å². The van der Waals surface area contributed by atoms with Crippen molar-refractivity contribution in [3.8, 4) is 5.75 Å². The fraction of sp³-hybridized carbons (Fsp3) is 0.222. The van der Waals surface area contributed by atoms with Crippen molar-refractivity contribution in [2.45, 2.75) is 24.8 Å². The number of methoxy groups -OCH3 is 1. The number of hydrogen-bond donors (Lipinski definition) is 2. The summed E-state index contributed by atoms with van der Waals surface area (Å²) in [6.45, 7) is -0.407. The number of benzene rings is 3. The number of aryl methyl sites for hydroxylation is 1. The maximum Gasteiger partial charge on any atom is 0.325 e. The molecule has 176 valence electrons. The van der Waals surface area contributed by atoms with Crippen LogP contribution in [0.5, 0.6) is 5.75 Å². The molecule has 2 aliphatic rings. The van der Waals surface area contributed by atoms with Gasteiger partial charge in [0.05, 0.1) is 12.8 Å². The first-order valence-electron chi connectivity index (χ1n) is 11.5. The van der Waals surface area contributed by atoms with Gasteiger partial charge in [-0.05, 0) is 42.5 Å². The number of amides is 4. The second-order valence-corrected chi connectivity index (χ2v) is 8.93. The number of rotatable bonds is 4.